The van der Waals surface area contributed by atoms with E-state index in [1.165, 1.54) is 15.9 Å². The Morgan fingerprint density at radius 3 is 1.49 bits per heavy atom. The molecule has 1 saturated heterocycles. The lowest BCUT2D eigenvalue weighted by molar-refractivity contribution is 0.0191. The van der Waals surface area contributed by atoms with Gasteiger partial charge < -0.3 is 9.64 Å². The fourth-order valence-electron chi connectivity index (χ4n) is 4.82. The Morgan fingerprint density at radius 2 is 1.14 bits per heavy atom. The molecule has 0 bridgehead atoms. The van der Waals surface area contributed by atoms with Crippen LogP contribution in [0.3, 0.4) is 0 Å². The summed E-state index contributed by atoms with van der Waals surface area (Å²) in [6, 6.07) is 33.2. The fraction of sp³-hybridized carbons (Fsp3) is 0.345. The number of carbonyl (C=O) groups is 1. The van der Waals surface area contributed by atoms with E-state index in [2.05, 4.69) is 91.0 Å². The number of ether oxygens (including phenoxy) is 1. The van der Waals surface area contributed by atoms with Crippen LogP contribution in [0.4, 0.5) is 4.79 Å². The van der Waals surface area contributed by atoms with E-state index in [4.69, 9.17) is 4.74 Å². The van der Waals surface area contributed by atoms with E-state index < -0.39 is 12.9 Å². The summed E-state index contributed by atoms with van der Waals surface area (Å²) in [7, 11) is -1.83. The molecular formula is C29H37I2NO2P+. The van der Waals surface area contributed by atoms with Crippen LogP contribution in [0.25, 0.3) is 0 Å². The number of piperidine rings is 1. The van der Waals surface area contributed by atoms with Gasteiger partial charge in [-0.3, -0.25) is 0 Å². The van der Waals surface area contributed by atoms with Crippen LogP contribution in [0.1, 0.15) is 33.6 Å². The van der Waals surface area contributed by atoms with E-state index in [1.54, 1.807) is 0 Å². The van der Waals surface area contributed by atoms with Crippen molar-refractivity contribution in [1.29, 1.82) is 0 Å². The van der Waals surface area contributed by atoms with E-state index >= 15 is 0 Å². The van der Waals surface area contributed by atoms with Crippen LogP contribution < -0.4 is 15.9 Å². The van der Waals surface area contributed by atoms with Crippen LogP contribution in [-0.2, 0) is 4.74 Å². The Morgan fingerprint density at radius 1 is 0.771 bits per heavy atom. The second-order valence-corrected chi connectivity index (χ2v) is 13.4. The highest BCUT2D eigenvalue weighted by Crippen LogP contribution is 2.57. The van der Waals surface area contributed by atoms with Crippen LogP contribution >= 0.6 is 55.2 Å². The highest BCUT2D eigenvalue weighted by Gasteiger charge is 2.47. The normalized spacial score (nSPS) is 14.4. The van der Waals surface area contributed by atoms with Crippen molar-refractivity contribution in [3.63, 3.8) is 0 Å². The van der Waals surface area contributed by atoms with Crippen LogP contribution in [0, 0.1) is 5.92 Å². The molecule has 0 aromatic heterocycles. The van der Waals surface area contributed by atoms with Gasteiger partial charge in [0.05, 0.1) is 6.16 Å². The van der Waals surface area contributed by atoms with E-state index in [0.717, 1.165) is 32.1 Å². The summed E-state index contributed by atoms with van der Waals surface area (Å²) in [6.45, 7) is 7.30. The van der Waals surface area contributed by atoms with Crippen molar-refractivity contribution < 1.29 is 9.53 Å². The van der Waals surface area contributed by atoms with Crippen molar-refractivity contribution in [3.05, 3.63) is 91.0 Å². The van der Waals surface area contributed by atoms with Gasteiger partial charge in [0.2, 0.25) is 0 Å². The van der Waals surface area contributed by atoms with E-state index in [0.29, 0.717) is 5.92 Å². The molecule has 0 atom stereocenters. The highest BCUT2D eigenvalue weighted by atomic mass is 127. The molecule has 3 nitrogen and oxygen atoms in total. The SMILES string of the molecule is CC(C)(C)OC(=O)N1CCC(C[P+](c2ccccc2)(c2ccccc2)c2ccccc2)CC1.I.I. The largest absolute Gasteiger partial charge is 0.444 e. The molecular weight excluding hydrogens is 679 g/mol. The summed E-state index contributed by atoms with van der Waals surface area (Å²) in [5, 5.41) is 4.28. The summed E-state index contributed by atoms with van der Waals surface area (Å²) in [5.74, 6) is 0.553. The van der Waals surface area contributed by atoms with Gasteiger partial charge in [-0.2, -0.15) is 0 Å². The molecule has 3 aromatic carbocycles. The first-order chi connectivity index (χ1) is 15.9. The highest BCUT2D eigenvalue weighted by molar-refractivity contribution is 14.0. The minimum atomic E-state index is -1.83. The minimum Gasteiger partial charge on any atom is -0.444 e. The van der Waals surface area contributed by atoms with E-state index in [9.17, 15) is 4.79 Å². The van der Waals surface area contributed by atoms with Gasteiger partial charge in [0.25, 0.3) is 0 Å². The van der Waals surface area contributed by atoms with Crippen LogP contribution in [-0.4, -0.2) is 35.8 Å². The standard InChI is InChI=1S/C29H35NO2P.2HI/c1-29(2,3)32-28(31)30-21-19-24(20-22-30)23-33(25-13-7-4-8-14-25,26-15-9-5-10-16-26)27-17-11-6-12-18-27;;/h4-18,24H,19-23H2,1-3H3;2*1H/q+1;;. The smallest absolute Gasteiger partial charge is 0.410 e. The van der Waals surface area contributed by atoms with Gasteiger partial charge in [0, 0.05) is 13.1 Å². The lowest BCUT2D eigenvalue weighted by Gasteiger charge is -2.36. The number of nitrogens with zero attached hydrogens (tertiary/aromatic N) is 1. The molecule has 0 spiro atoms. The number of hydrogen-bond donors (Lipinski definition) is 0. The number of hydrogen-bond acceptors (Lipinski definition) is 2. The lowest BCUT2D eigenvalue weighted by Crippen LogP contribution is -2.43. The van der Waals surface area contributed by atoms with Gasteiger partial charge in [0.1, 0.15) is 28.8 Å². The predicted octanol–water partition coefficient (Wildman–Crippen LogP) is 6.86. The average molecular weight is 716 g/mol. The third-order valence-corrected chi connectivity index (χ3v) is 11.0. The molecule has 1 fully saturated rings. The maximum atomic E-state index is 12.6. The van der Waals surface area contributed by atoms with Crippen molar-refractivity contribution in [1.82, 2.24) is 4.90 Å². The molecule has 0 unspecified atom stereocenters. The predicted molar refractivity (Wildman–Crippen MR) is 171 cm³/mol. The second kappa shape index (κ2) is 13.4. The van der Waals surface area contributed by atoms with Gasteiger partial charge in [-0.1, -0.05) is 54.6 Å². The first-order valence-electron chi connectivity index (χ1n) is 11.9. The zero-order valence-electron chi connectivity index (χ0n) is 20.8. The quantitative estimate of drug-likeness (QED) is 0.214. The van der Waals surface area contributed by atoms with Crippen molar-refractivity contribution in [3.8, 4) is 0 Å². The van der Waals surface area contributed by atoms with Gasteiger partial charge in [0.15, 0.2) is 0 Å². The monoisotopic (exact) mass is 716 g/mol. The zero-order chi connectivity index (χ0) is 23.3. The third-order valence-electron chi connectivity index (χ3n) is 6.39. The Kier molecular flexibility index (Phi) is 11.5. The van der Waals surface area contributed by atoms with Crippen molar-refractivity contribution in [2.45, 2.75) is 39.2 Å². The average Bonchev–Trinajstić information content (AvgIpc) is 2.83. The van der Waals surface area contributed by atoms with Crippen LogP contribution in [0.15, 0.2) is 91.0 Å². The van der Waals surface area contributed by atoms with Gasteiger partial charge >= 0.3 is 6.09 Å². The minimum absolute atomic E-state index is 0. The van der Waals surface area contributed by atoms with Gasteiger partial charge in [-0.05, 0) is 75.9 Å². The van der Waals surface area contributed by atoms with Crippen LogP contribution in [0.2, 0.25) is 0 Å². The van der Waals surface area contributed by atoms with E-state index in [-0.39, 0.29) is 54.0 Å². The number of benzene rings is 3. The number of carbonyl (C=O) groups excluding carboxylic acids is 1. The summed E-state index contributed by atoms with van der Waals surface area (Å²) in [4.78, 5) is 14.5. The molecule has 1 amide bonds. The Labute approximate surface area is 245 Å². The molecule has 1 aliphatic rings. The summed E-state index contributed by atoms with van der Waals surface area (Å²) in [5.41, 5.74) is -0.456. The van der Waals surface area contributed by atoms with Crippen LogP contribution in [0.5, 0.6) is 0 Å². The molecule has 4 rings (SSSR count). The second-order valence-electron chi connectivity index (χ2n) is 9.91. The molecule has 6 heteroatoms. The molecule has 1 aliphatic heterocycles. The van der Waals surface area contributed by atoms with Gasteiger partial charge in [-0.15, -0.1) is 48.0 Å². The number of rotatable bonds is 5. The first-order valence-corrected chi connectivity index (χ1v) is 13.9. The molecule has 0 aliphatic carbocycles. The first kappa shape index (κ1) is 30.0. The van der Waals surface area contributed by atoms with Gasteiger partial charge in [-0.25, -0.2) is 4.79 Å². The Balaban J connectivity index is 0.00000216. The van der Waals surface area contributed by atoms with Crippen molar-refractivity contribution in [2.24, 2.45) is 5.92 Å². The van der Waals surface area contributed by atoms with Crippen molar-refractivity contribution >= 4 is 77.2 Å². The summed E-state index contributed by atoms with van der Waals surface area (Å²) < 4.78 is 5.62. The summed E-state index contributed by atoms with van der Waals surface area (Å²) in [6.07, 6.45) is 2.95. The molecule has 0 radical (unpaired) electrons. The molecule has 188 valence electrons. The Hall–Kier alpha value is -1.18. The number of likely N-dealkylation sites (tertiary alicyclic amines) is 1. The third kappa shape index (κ3) is 7.42. The molecule has 0 N–H and O–H groups in total. The van der Waals surface area contributed by atoms with Crippen molar-refractivity contribution in [2.75, 3.05) is 19.3 Å². The van der Waals surface area contributed by atoms with E-state index in [1.807, 2.05) is 25.7 Å². The fourth-order valence-corrected chi connectivity index (χ4v) is 9.53. The number of amides is 1. The molecule has 1 heterocycles. The lowest BCUT2D eigenvalue weighted by atomic mass is 9.99. The number of halogens is 2. The zero-order valence-corrected chi connectivity index (χ0v) is 26.4. The summed E-state index contributed by atoms with van der Waals surface area (Å²) >= 11 is 0. The maximum absolute atomic E-state index is 12.6. The maximum Gasteiger partial charge on any atom is 0.410 e. The molecule has 35 heavy (non-hydrogen) atoms. The molecule has 3 aromatic rings. The molecule has 0 saturated carbocycles. The Bertz CT molecular complexity index is 938. The topological polar surface area (TPSA) is 29.5 Å².